The molecule has 4 nitrogen and oxygen atoms in total. The summed E-state index contributed by atoms with van der Waals surface area (Å²) in [6, 6.07) is 6.22. The van der Waals surface area contributed by atoms with Crippen molar-refractivity contribution in [2.45, 2.75) is 45.3 Å². The Morgan fingerprint density at radius 2 is 2.33 bits per heavy atom. The first-order valence-corrected chi connectivity index (χ1v) is 7.99. The maximum Gasteiger partial charge on any atom is 0.254 e. The van der Waals surface area contributed by atoms with E-state index in [9.17, 15) is 4.79 Å². The van der Waals surface area contributed by atoms with E-state index in [1.54, 1.807) is 0 Å². The monoisotopic (exact) mass is 288 g/mol. The first kappa shape index (κ1) is 14.4. The van der Waals surface area contributed by atoms with Gasteiger partial charge in [-0.1, -0.05) is 13.0 Å². The second kappa shape index (κ2) is 6.06. The average molecular weight is 288 g/mol. The normalized spacial score (nSPS) is 25.1. The number of anilines is 1. The summed E-state index contributed by atoms with van der Waals surface area (Å²) in [6.45, 7) is 6.49. The number of morpholine rings is 1. The molecule has 4 heteroatoms. The van der Waals surface area contributed by atoms with E-state index in [1.165, 1.54) is 5.56 Å². The van der Waals surface area contributed by atoms with Crippen molar-refractivity contribution in [3.63, 3.8) is 0 Å². The minimum Gasteiger partial charge on any atom is -0.385 e. The molecule has 2 aliphatic rings. The van der Waals surface area contributed by atoms with E-state index in [0.29, 0.717) is 13.2 Å². The number of fused-ring (bicyclic) bond motifs is 1. The van der Waals surface area contributed by atoms with Gasteiger partial charge >= 0.3 is 0 Å². The lowest BCUT2D eigenvalue weighted by atomic mass is 9.96. The highest BCUT2D eigenvalue weighted by Gasteiger charge is 2.31. The van der Waals surface area contributed by atoms with E-state index >= 15 is 0 Å². The number of nitrogens with one attached hydrogen (secondary N) is 1. The van der Waals surface area contributed by atoms with Crippen LogP contribution in [0.2, 0.25) is 0 Å². The Balaban J connectivity index is 1.90. The lowest BCUT2D eigenvalue weighted by Gasteiger charge is -2.39. The molecule has 1 saturated heterocycles. The minimum absolute atomic E-state index is 0.120. The van der Waals surface area contributed by atoms with Crippen LogP contribution in [0, 0.1) is 0 Å². The standard InChI is InChI=1S/C17H24N2O2/c1-3-13-11-21-12(2)10-19(13)17(20)15-6-4-8-16-14(15)7-5-9-18-16/h4,6,8,12-13,18H,3,5,7,9-11H2,1-2H3. The topological polar surface area (TPSA) is 41.6 Å². The van der Waals surface area contributed by atoms with Crippen molar-refractivity contribution >= 4 is 11.6 Å². The van der Waals surface area contributed by atoms with Crippen LogP contribution in [0.25, 0.3) is 0 Å². The van der Waals surface area contributed by atoms with Crippen molar-refractivity contribution in [1.82, 2.24) is 4.90 Å². The molecule has 114 valence electrons. The SMILES string of the molecule is CCC1COC(C)CN1C(=O)c1cccc2c1CCCN2. The Labute approximate surface area is 126 Å². The van der Waals surface area contributed by atoms with Gasteiger partial charge in [-0.2, -0.15) is 0 Å². The lowest BCUT2D eigenvalue weighted by Crippen LogP contribution is -2.51. The third kappa shape index (κ3) is 2.77. The zero-order chi connectivity index (χ0) is 14.8. The minimum atomic E-state index is 0.120. The number of carbonyl (C=O) groups excluding carboxylic acids is 1. The van der Waals surface area contributed by atoms with Crippen molar-refractivity contribution in [2.75, 3.05) is 25.0 Å². The second-order valence-corrected chi connectivity index (χ2v) is 6.03. The molecular weight excluding hydrogens is 264 g/mol. The van der Waals surface area contributed by atoms with Crippen LogP contribution in [0.5, 0.6) is 0 Å². The van der Waals surface area contributed by atoms with Gasteiger partial charge in [0.05, 0.1) is 18.8 Å². The van der Waals surface area contributed by atoms with Gasteiger partial charge in [-0.25, -0.2) is 0 Å². The van der Waals surface area contributed by atoms with E-state index in [2.05, 4.69) is 18.3 Å². The number of hydrogen-bond donors (Lipinski definition) is 1. The summed E-state index contributed by atoms with van der Waals surface area (Å²) in [7, 11) is 0. The van der Waals surface area contributed by atoms with Crippen LogP contribution < -0.4 is 5.32 Å². The first-order valence-electron chi connectivity index (χ1n) is 7.99. The van der Waals surface area contributed by atoms with Crippen molar-refractivity contribution in [1.29, 1.82) is 0 Å². The van der Waals surface area contributed by atoms with E-state index in [0.717, 1.165) is 37.1 Å². The number of rotatable bonds is 2. The van der Waals surface area contributed by atoms with Crippen LogP contribution in [0.15, 0.2) is 18.2 Å². The zero-order valence-electron chi connectivity index (χ0n) is 12.9. The van der Waals surface area contributed by atoms with Crippen molar-refractivity contribution < 1.29 is 9.53 Å². The summed E-state index contributed by atoms with van der Waals surface area (Å²) < 4.78 is 5.70. The number of benzene rings is 1. The molecule has 0 aromatic heterocycles. The Bertz CT molecular complexity index is 530. The van der Waals surface area contributed by atoms with Crippen LogP contribution in [-0.4, -0.2) is 42.6 Å². The van der Waals surface area contributed by atoms with Gasteiger partial charge in [0, 0.05) is 24.3 Å². The lowest BCUT2D eigenvalue weighted by molar-refractivity contribution is -0.0444. The molecule has 2 unspecified atom stereocenters. The number of nitrogens with zero attached hydrogens (tertiary/aromatic N) is 1. The summed E-state index contributed by atoms with van der Waals surface area (Å²) in [5.74, 6) is 0.164. The number of carbonyl (C=O) groups is 1. The number of amides is 1. The molecule has 3 rings (SSSR count). The fraction of sp³-hybridized carbons (Fsp3) is 0.588. The second-order valence-electron chi connectivity index (χ2n) is 6.03. The molecule has 1 fully saturated rings. The van der Waals surface area contributed by atoms with E-state index < -0.39 is 0 Å². The van der Waals surface area contributed by atoms with Gasteiger partial charge in [-0.15, -0.1) is 0 Å². The van der Waals surface area contributed by atoms with Crippen molar-refractivity contribution in [2.24, 2.45) is 0 Å². The quantitative estimate of drug-likeness (QED) is 0.909. The molecule has 1 N–H and O–H groups in total. The highest BCUT2D eigenvalue weighted by atomic mass is 16.5. The summed E-state index contributed by atoms with van der Waals surface area (Å²) >= 11 is 0. The van der Waals surface area contributed by atoms with Crippen LogP contribution in [0.1, 0.15) is 42.6 Å². The van der Waals surface area contributed by atoms with Crippen LogP contribution in [0.4, 0.5) is 5.69 Å². The maximum absolute atomic E-state index is 13.0. The summed E-state index contributed by atoms with van der Waals surface area (Å²) in [5, 5.41) is 3.40. The third-order valence-corrected chi connectivity index (χ3v) is 4.53. The molecule has 2 heterocycles. The third-order valence-electron chi connectivity index (χ3n) is 4.53. The Morgan fingerprint density at radius 3 is 3.14 bits per heavy atom. The fourth-order valence-electron chi connectivity index (χ4n) is 3.30. The zero-order valence-corrected chi connectivity index (χ0v) is 12.9. The van der Waals surface area contributed by atoms with E-state index in [-0.39, 0.29) is 18.1 Å². The molecule has 2 aliphatic heterocycles. The highest BCUT2D eigenvalue weighted by Crippen LogP contribution is 2.27. The van der Waals surface area contributed by atoms with Crippen molar-refractivity contribution in [3.05, 3.63) is 29.3 Å². The van der Waals surface area contributed by atoms with Gasteiger partial charge < -0.3 is 15.0 Å². The number of hydrogen-bond acceptors (Lipinski definition) is 3. The summed E-state index contributed by atoms with van der Waals surface area (Å²) in [4.78, 5) is 15.0. The smallest absolute Gasteiger partial charge is 0.254 e. The Kier molecular flexibility index (Phi) is 4.15. The van der Waals surface area contributed by atoms with Crippen LogP contribution >= 0.6 is 0 Å². The van der Waals surface area contributed by atoms with Gasteiger partial charge in [0.25, 0.3) is 5.91 Å². The Hall–Kier alpha value is -1.55. The predicted molar refractivity (Wildman–Crippen MR) is 83.8 cm³/mol. The summed E-state index contributed by atoms with van der Waals surface area (Å²) in [5.41, 5.74) is 3.18. The molecule has 1 aromatic carbocycles. The van der Waals surface area contributed by atoms with Gasteiger partial charge in [0.2, 0.25) is 0 Å². The fourth-order valence-corrected chi connectivity index (χ4v) is 3.30. The molecule has 1 aromatic rings. The molecule has 0 saturated carbocycles. The molecule has 0 bridgehead atoms. The predicted octanol–water partition coefficient (Wildman–Crippen LogP) is 2.68. The molecule has 0 radical (unpaired) electrons. The van der Waals surface area contributed by atoms with E-state index in [1.807, 2.05) is 24.0 Å². The first-order chi connectivity index (χ1) is 10.2. The Morgan fingerprint density at radius 1 is 1.48 bits per heavy atom. The molecule has 21 heavy (non-hydrogen) atoms. The molecule has 2 atom stereocenters. The van der Waals surface area contributed by atoms with Gasteiger partial charge in [0.1, 0.15) is 0 Å². The molecular formula is C17H24N2O2. The summed E-state index contributed by atoms with van der Waals surface area (Å²) in [6.07, 6.45) is 3.13. The van der Waals surface area contributed by atoms with Gasteiger partial charge in [-0.3, -0.25) is 4.79 Å². The van der Waals surface area contributed by atoms with Gasteiger partial charge in [-0.05, 0) is 43.9 Å². The highest BCUT2D eigenvalue weighted by molar-refractivity contribution is 5.97. The molecule has 0 spiro atoms. The van der Waals surface area contributed by atoms with Crippen LogP contribution in [0.3, 0.4) is 0 Å². The largest absolute Gasteiger partial charge is 0.385 e. The van der Waals surface area contributed by atoms with Crippen molar-refractivity contribution in [3.8, 4) is 0 Å². The van der Waals surface area contributed by atoms with E-state index in [4.69, 9.17) is 4.74 Å². The van der Waals surface area contributed by atoms with Crippen LogP contribution in [-0.2, 0) is 11.2 Å². The molecule has 0 aliphatic carbocycles. The number of ether oxygens (including phenoxy) is 1. The average Bonchev–Trinajstić information content (AvgIpc) is 2.53. The van der Waals surface area contributed by atoms with Gasteiger partial charge in [0.15, 0.2) is 0 Å². The maximum atomic E-state index is 13.0. The molecule has 1 amide bonds.